The molecule has 0 spiro atoms. The summed E-state index contributed by atoms with van der Waals surface area (Å²) in [5, 5.41) is 5.16. The normalized spacial score (nSPS) is 11.5. The zero-order valence-corrected chi connectivity index (χ0v) is 14.6. The van der Waals surface area contributed by atoms with Crippen LogP contribution in [0.2, 0.25) is 0 Å². The first kappa shape index (κ1) is 20.4. The van der Waals surface area contributed by atoms with Gasteiger partial charge in [-0.15, -0.1) is 0 Å². The molecule has 138 valence electrons. The number of nitrogens with one attached hydrogen (secondary N) is 2. The molecule has 8 heteroatoms. The van der Waals surface area contributed by atoms with Crippen molar-refractivity contribution in [1.82, 2.24) is 10.6 Å². The zero-order valence-electron chi connectivity index (χ0n) is 14.6. The van der Waals surface area contributed by atoms with Gasteiger partial charge in [0.25, 0.3) is 0 Å². The average molecular weight is 356 g/mol. The van der Waals surface area contributed by atoms with Crippen LogP contribution in [0.4, 0.5) is 8.78 Å². The van der Waals surface area contributed by atoms with Crippen LogP contribution in [0.15, 0.2) is 24.3 Å². The van der Waals surface area contributed by atoms with E-state index < -0.39 is 12.5 Å². The molecule has 6 nitrogen and oxygen atoms in total. The van der Waals surface area contributed by atoms with Crippen LogP contribution in [0.25, 0.3) is 6.08 Å². The molecule has 0 aliphatic carbocycles. The molecule has 0 aliphatic heterocycles. The van der Waals surface area contributed by atoms with Crippen molar-refractivity contribution in [3.05, 3.63) is 29.8 Å². The standard InChI is InChI=1S/C17H22F2N2O4/c1-17(2,3)21-15(23)10-20-14(22)8-6-11-5-7-12(25-16(18)19)13(9-11)24-4/h5-9,16H,10H2,1-4H3,(H,20,22)(H,21,23)/b8-6+. The number of carbonyl (C=O) groups is 2. The molecule has 0 aliphatic rings. The smallest absolute Gasteiger partial charge is 0.387 e. The number of ether oxygens (including phenoxy) is 2. The summed E-state index contributed by atoms with van der Waals surface area (Å²) in [6, 6.07) is 4.27. The van der Waals surface area contributed by atoms with E-state index in [0.717, 1.165) is 0 Å². The van der Waals surface area contributed by atoms with Gasteiger partial charge in [0.05, 0.1) is 13.7 Å². The number of hydrogen-bond acceptors (Lipinski definition) is 4. The van der Waals surface area contributed by atoms with Gasteiger partial charge in [-0.3, -0.25) is 9.59 Å². The number of amides is 2. The number of halogens is 2. The Bertz CT molecular complexity index is 640. The minimum Gasteiger partial charge on any atom is -0.493 e. The van der Waals surface area contributed by atoms with Crippen LogP contribution in [0.5, 0.6) is 11.5 Å². The Hall–Kier alpha value is -2.64. The molecule has 1 rings (SSSR count). The van der Waals surface area contributed by atoms with Gasteiger partial charge in [0.1, 0.15) is 0 Å². The summed E-state index contributed by atoms with van der Waals surface area (Å²) in [6.45, 7) is 2.40. The lowest BCUT2D eigenvalue weighted by Crippen LogP contribution is -2.45. The first-order valence-corrected chi connectivity index (χ1v) is 7.50. The Kier molecular flexibility index (Phi) is 7.35. The number of rotatable bonds is 7. The van der Waals surface area contributed by atoms with Crippen molar-refractivity contribution in [1.29, 1.82) is 0 Å². The lowest BCUT2D eigenvalue weighted by molar-refractivity contribution is -0.124. The quantitative estimate of drug-likeness (QED) is 0.735. The summed E-state index contributed by atoms with van der Waals surface area (Å²) in [7, 11) is 1.32. The highest BCUT2D eigenvalue weighted by Crippen LogP contribution is 2.29. The second-order valence-corrected chi connectivity index (χ2v) is 6.14. The number of benzene rings is 1. The molecule has 0 radical (unpaired) electrons. The van der Waals surface area contributed by atoms with E-state index in [1.54, 1.807) is 0 Å². The topological polar surface area (TPSA) is 76.7 Å². The predicted molar refractivity (Wildman–Crippen MR) is 89.6 cm³/mol. The summed E-state index contributed by atoms with van der Waals surface area (Å²) in [6.07, 6.45) is 2.69. The van der Waals surface area contributed by atoms with Gasteiger partial charge < -0.3 is 20.1 Å². The van der Waals surface area contributed by atoms with Crippen molar-refractivity contribution < 1.29 is 27.8 Å². The molecular weight excluding hydrogens is 334 g/mol. The maximum Gasteiger partial charge on any atom is 0.387 e. The van der Waals surface area contributed by atoms with Crippen LogP contribution < -0.4 is 20.1 Å². The molecule has 0 saturated carbocycles. The first-order chi connectivity index (χ1) is 11.6. The minimum atomic E-state index is -2.96. The number of carbonyl (C=O) groups excluding carboxylic acids is 2. The van der Waals surface area contributed by atoms with E-state index in [4.69, 9.17) is 4.74 Å². The Morgan fingerprint density at radius 3 is 2.48 bits per heavy atom. The van der Waals surface area contributed by atoms with E-state index in [2.05, 4.69) is 15.4 Å². The number of alkyl halides is 2. The summed E-state index contributed by atoms with van der Waals surface area (Å²) < 4.78 is 33.8. The van der Waals surface area contributed by atoms with Crippen molar-refractivity contribution in [3.63, 3.8) is 0 Å². The maximum atomic E-state index is 12.3. The van der Waals surface area contributed by atoms with Crippen molar-refractivity contribution >= 4 is 17.9 Å². The van der Waals surface area contributed by atoms with Gasteiger partial charge in [0.15, 0.2) is 11.5 Å². The van der Waals surface area contributed by atoms with Crippen molar-refractivity contribution in [2.75, 3.05) is 13.7 Å². The summed E-state index contributed by atoms with van der Waals surface area (Å²) in [5.74, 6) is -0.745. The van der Waals surface area contributed by atoms with Crippen LogP contribution >= 0.6 is 0 Å². The second kappa shape index (κ2) is 9.00. The Morgan fingerprint density at radius 1 is 1.24 bits per heavy atom. The average Bonchev–Trinajstić information content (AvgIpc) is 2.49. The fourth-order valence-electron chi connectivity index (χ4n) is 1.84. The zero-order chi connectivity index (χ0) is 19.0. The molecule has 0 saturated heterocycles. The van der Waals surface area contributed by atoms with Gasteiger partial charge in [0, 0.05) is 11.6 Å². The van der Waals surface area contributed by atoms with Gasteiger partial charge in [-0.25, -0.2) is 0 Å². The predicted octanol–water partition coefficient (Wildman–Crippen LogP) is 2.34. The number of methoxy groups -OCH3 is 1. The van der Waals surface area contributed by atoms with E-state index in [1.807, 2.05) is 20.8 Å². The van der Waals surface area contributed by atoms with Crippen LogP contribution in [-0.4, -0.2) is 37.6 Å². The van der Waals surface area contributed by atoms with Crippen LogP contribution in [0.1, 0.15) is 26.3 Å². The third kappa shape index (κ3) is 8.14. The van der Waals surface area contributed by atoms with Crippen molar-refractivity contribution in [2.24, 2.45) is 0 Å². The van der Waals surface area contributed by atoms with E-state index >= 15 is 0 Å². The largest absolute Gasteiger partial charge is 0.493 e. The van der Waals surface area contributed by atoms with Gasteiger partial charge in [0.2, 0.25) is 11.8 Å². The van der Waals surface area contributed by atoms with E-state index in [-0.39, 0.29) is 29.5 Å². The minimum absolute atomic E-state index is 0.0991. The molecule has 0 heterocycles. The number of hydrogen-bond donors (Lipinski definition) is 2. The van der Waals surface area contributed by atoms with Crippen LogP contribution in [-0.2, 0) is 9.59 Å². The monoisotopic (exact) mass is 356 g/mol. The van der Waals surface area contributed by atoms with Gasteiger partial charge in [-0.2, -0.15) is 8.78 Å². The van der Waals surface area contributed by atoms with Crippen molar-refractivity contribution in [2.45, 2.75) is 32.9 Å². The van der Waals surface area contributed by atoms with Crippen LogP contribution in [0.3, 0.4) is 0 Å². The van der Waals surface area contributed by atoms with Crippen molar-refractivity contribution in [3.8, 4) is 11.5 Å². The molecule has 1 aromatic rings. The lowest BCUT2D eigenvalue weighted by atomic mass is 10.1. The van der Waals surface area contributed by atoms with E-state index in [1.165, 1.54) is 37.5 Å². The molecule has 2 N–H and O–H groups in total. The first-order valence-electron chi connectivity index (χ1n) is 7.50. The highest BCUT2D eigenvalue weighted by molar-refractivity contribution is 5.94. The van der Waals surface area contributed by atoms with Gasteiger partial charge in [-0.05, 0) is 44.5 Å². The molecule has 2 amide bonds. The van der Waals surface area contributed by atoms with Gasteiger partial charge >= 0.3 is 6.61 Å². The van der Waals surface area contributed by atoms with Gasteiger partial charge in [-0.1, -0.05) is 6.07 Å². The maximum absolute atomic E-state index is 12.3. The summed E-state index contributed by atoms with van der Waals surface area (Å²) in [5.41, 5.74) is 0.170. The summed E-state index contributed by atoms with van der Waals surface area (Å²) >= 11 is 0. The second-order valence-electron chi connectivity index (χ2n) is 6.14. The highest BCUT2D eigenvalue weighted by atomic mass is 19.3. The molecule has 0 bridgehead atoms. The lowest BCUT2D eigenvalue weighted by Gasteiger charge is -2.20. The highest BCUT2D eigenvalue weighted by Gasteiger charge is 2.14. The molecule has 25 heavy (non-hydrogen) atoms. The molecule has 1 aromatic carbocycles. The molecule has 0 atom stereocenters. The molecule has 0 aromatic heterocycles. The van der Waals surface area contributed by atoms with E-state index in [0.29, 0.717) is 5.56 Å². The van der Waals surface area contributed by atoms with Crippen LogP contribution in [0, 0.1) is 0 Å². The fourth-order valence-corrected chi connectivity index (χ4v) is 1.84. The molecule has 0 unspecified atom stereocenters. The fraction of sp³-hybridized carbons (Fsp3) is 0.412. The van der Waals surface area contributed by atoms with E-state index in [9.17, 15) is 18.4 Å². The Balaban J connectivity index is 2.62. The molecule has 0 fully saturated rings. The SMILES string of the molecule is COc1cc(/C=C/C(=O)NCC(=O)NC(C)(C)C)ccc1OC(F)F. The summed E-state index contributed by atoms with van der Waals surface area (Å²) in [4.78, 5) is 23.3. The third-order valence-electron chi connectivity index (χ3n) is 2.77. The Morgan fingerprint density at radius 2 is 1.92 bits per heavy atom. The Labute approximate surface area is 145 Å². The molecular formula is C17H22F2N2O4. The third-order valence-corrected chi connectivity index (χ3v) is 2.77.